The van der Waals surface area contributed by atoms with Crippen molar-refractivity contribution in [2.75, 3.05) is 0 Å². The minimum Gasteiger partial charge on any atom is -0.0949 e. The Morgan fingerprint density at radius 3 is 1.41 bits per heavy atom. The molecule has 0 amide bonds. The molecular weight excluding hydrogens is 268 g/mol. The molecule has 0 aromatic rings. The summed E-state index contributed by atoms with van der Waals surface area (Å²) in [7, 11) is -4.63. The summed E-state index contributed by atoms with van der Waals surface area (Å²) in [4.78, 5) is 1.98. The number of hydrogen-bond acceptors (Lipinski definition) is 0. The van der Waals surface area contributed by atoms with Gasteiger partial charge in [0, 0.05) is 15.2 Å². The first-order valence-electron chi connectivity index (χ1n) is 6.74. The van der Waals surface area contributed by atoms with Crippen molar-refractivity contribution < 1.29 is 0 Å². The number of rotatable bonds is 3. The van der Waals surface area contributed by atoms with Crippen LogP contribution in [-0.2, 0) is 0 Å². The first kappa shape index (κ1) is 15.4. The summed E-state index contributed by atoms with van der Waals surface area (Å²) in [6.45, 7) is 23.4. The van der Waals surface area contributed by atoms with Crippen LogP contribution in [0.15, 0.2) is 22.7 Å². The highest BCUT2D eigenvalue weighted by atomic mass is 29.6. The van der Waals surface area contributed by atoms with E-state index in [0.717, 1.165) is 0 Å². The zero-order chi connectivity index (χ0) is 13.7. The summed E-state index contributed by atoms with van der Waals surface area (Å²) >= 11 is 0. The van der Waals surface area contributed by atoms with Crippen LogP contribution in [0.2, 0.25) is 58.9 Å². The largest absolute Gasteiger partial charge is 0.0949 e. The fraction of sp³-hybridized carbons (Fsp3) is 0.692. The highest BCUT2D eigenvalue weighted by Crippen LogP contribution is 2.42. The van der Waals surface area contributed by atoms with Crippen molar-refractivity contribution in [3.63, 3.8) is 0 Å². The Bertz CT molecular complexity index is 344. The molecule has 1 rings (SSSR count). The van der Waals surface area contributed by atoms with E-state index in [2.05, 4.69) is 76.8 Å². The van der Waals surface area contributed by atoms with Gasteiger partial charge < -0.3 is 0 Å². The van der Waals surface area contributed by atoms with E-state index >= 15 is 0 Å². The van der Waals surface area contributed by atoms with E-state index in [9.17, 15) is 0 Å². The summed E-state index contributed by atoms with van der Waals surface area (Å²) in [5.74, 6) is 0. The Morgan fingerprint density at radius 2 is 1.18 bits per heavy atom. The van der Waals surface area contributed by atoms with E-state index in [1.54, 1.807) is 0 Å². The Labute approximate surface area is 112 Å². The van der Waals surface area contributed by atoms with E-state index in [0.29, 0.717) is 0 Å². The predicted octanol–water partition coefficient (Wildman–Crippen LogP) is 4.72. The van der Waals surface area contributed by atoms with Gasteiger partial charge in [-0.3, -0.25) is 0 Å². The Hall–Kier alpha value is 0.348. The highest BCUT2D eigenvalue weighted by molar-refractivity contribution is 7.74. The van der Waals surface area contributed by atoms with Gasteiger partial charge in [-0.05, 0) is 0 Å². The van der Waals surface area contributed by atoms with Crippen molar-refractivity contribution in [2.24, 2.45) is 0 Å². The lowest BCUT2D eigenvalue weighted by molar-refractivity contribution is 1.69. The minimum absolute atomic E-state index is 1.10. The Balaban J connectivity index is 3.48. The third kappa shape index (κ3) is 2.41. The van der Waals surface area contributed by atoms with Crippen molar-refractivity contribution in [1.29, 1.82) is 0 Å². The summed E-state index contributed by atoms with van der Waals surface area (Å²) in [5, 5.41) is 0. The van der Waals surface area contributed by atoms with Gasteiger partial charge in [-0.1, -0.05) is 81.6 Å². The van der Waals surface area contributed by atoms with Gasteiger partial charge in [-0.2, -0.15) is 0 Å². The summed E-state index contributed by atoms with van der Waals surface area (Å²) in [6.07, 6.45) is 4.96. The molecule has 0 unspecified atom stereocenters. The predicted molar refractivity (Wildman–Crippen MR) is 93.0 cm³/mol. The molecule has 1 aliphatic rings. The molecule has 0 N–H and O–H groups in total. The normalized spacial score (nSPS) is 20.6. The summed E-state index contributed by atoms with van der Waals surface area (Å²) in [6, 6.07) is 0. The van der Waals surface area contributed by atoms with Crippen LogP contribution >= 0.6 is 0 Å². The Morgan fingerprint density at radius 1 is 0.765 bits per heavy atom. The summed E-state index contributed by atoms with van der Waals surface area (Å²) < 4.78 is 0. The van der Waals surface area contributed by atoms with Gasteiger partial charge in [0.1, 0.15) is 0 Å². The molecule has 98 valence electrons. The molecule has 0 saturated heterocycles. The fourth-order valence-electron chi connectivity index (χ4n) is 3.78. The lowest BCUT2D eigenvalue weighted by Crippen LogP contribution is -2.73. The molecule has 1 aliphatic heterocycles. The van der Waals surface area contributed by atoms with Gasteiger partial charge in [0.05, 0.1) is 15.2 Å². The van der Waals surface area contributed by atoms with Crippen LogP contribution in [0.1, 0.15) is 0 Å². The minimum atomic E-state index is -1.28. The molecule has 4 heteroatoms. The van der Waals surface area contributed by atoms with Crippen LogP contribution in [-0.4, -0.2) is 30.4 Å². The molecule has 0 radical (unpaired) electrons. The average Bonchev–Trinajstić information content (AvgIpc) is 2.42. The monoisotopic (exact) mass is 298 g/mol. The first-order valence-corrected chi connectivity index (χ1v) is 21.3. The SMILES string of the molecule is C[Si](C)(C)C1=CC=C[Si]1([Si](C)(C)C)[Si](C)(C)C. The standard InChI is InChI=1S/C13H30Si4/c1-14(2,3)13-11-10-12-17(13,15(4,5)6)16(7,8)9/h10-12H,1-9H3. The second-order valence-corrected chi connectivity index (χ2v) is 40.8. The lowest BCUT2D eigenvalue weighted by Gasteiger charge is -2.51. The van der Waals surface area contributed by atoms with E-state index in [4.69, 9.17) is 0 Å². The molecule has 0 aromatic heterocycles. The molecule has 0 atom stereocenters. The zero-order valence-electron chi connectivity index (χ0n) is 13.2. The second kappa shape index (κ2) is 4.18. The van der Waals surface area contributed by atoms with Gasteiger partial charge in [-0.25, -0.2) is 0 Å². The van der Waals surface area contributed by atoms with Gasteiger partial charge in [0.25, 0.3) is 0 Å². The molecule has 0 spiro atoms. The third-order valence-corrected chi connectivity index (χ3v) is 47.7. The van der Waals surface area contributed by atoms with Crippen molar-refractivity contribution in [2.45, 2.75) is 58.9 Å². The van der Waals surface area contributed by atoms with Gasteiger partial charge in [0.15, 0.2) is 0 Å². The van der Waals surface area contributed by atoms with E-state index in [1.807, 2.05) is 4.82 Å². The first-order chi connectivity index (χ1) is 7.34. The molecule has 17 heavy (non-hydrogen) atoms. The van der Waals surface area contributed by atoms with E-state index < -0.39 is 30.4 Å². The van der Waals surface area contributed by atoms with E-state index in [-0.39, 0.29) is 0 Å². The fourth-order valence-corrected chi connectivity index (χ4v) is 64.6. The topological polar surface area (TPSA) is 0 Å². The maximum absolute atomic E-state index is 2.74. The van der Waals surface area contributed by atoms with Gasteiger partial charge in [-0.15, -0.1) is 0 Å². The lowest BCUT2D eigenvalue weighted by atomic mass is 10.6. The van der Waals surface area contributed by atoms with Crippen molar-refractivity contribution in [3.8, 4) is 0 Å². The van der Waals surface area contributed by atoms with E-state index in [1.165, 1.54) is 0 Å². The van der Waals surface area contributed by atoms with Crippen LogP contribution in [0.4, 0.5) is 0 Å². The molecule has 0 aliphatic carbocycles. The summed E-state index contributed by atoms with van der Waals surface area (Å²) in [5.41, 5.74) is 2.74. The maximum Gasteiger partial charge on any atom is 0.0855 e. The quantitative estimate of drug-likeness (QED) is 0.661. The zero-order valence-corrected chi connectivity index (χ0v) is 17.2. The van der Waals surface area contributed by atoms with Crippen molar-refractivity contribution in [1.82, 2.24) is 0 Å². The number of hydrogen-bond donors (Lipinski definition) is 0. The molecular formula is C13H30Si4. The molecule has 0 saturated carbocycles. The van der Waals surface area contributed by atoms with Gasteiger partial charge in [0.2, 0.25) is 0 Å². The molecule has 0 bridgehead atoms. The molecule has 0 aromatic carbocycles. The van der Waals surface area contributed by atoms with Crippen LogP contribution in [0.5, 0.6) is 0 Å². The van der Waals surface area contributed by atoms with Crippen LogP contribution in [0, 0.1) is 0 Å². The van der Waals surface area contributed by atoms with Crippen molar-refractivity contribution >= 4 is 30.4 Å². The number of allylic oxidation sites excluding steroid dienone is 2. The maximum atomic E-state index is 2.74. The Kier molecular flexibility index (Phi) is 3.79. The average molecular weight is 299 g/mol. The molecule has 1 heterocycles. The van der Waals surface area contributed by atoms with Gasteiger partial charge >= 0.3 is 0 Å². The van der Waals surface area contributed by atoms with Crippen molar-refractivity contribution in [3.05, 3.63) is 22.7 Å². The third-order valence-electron chi connectivity index (χ3n) is 4.21. The highest BCUT2D eigenvalue weighted by Gasteiger charge is 2.58. The van der Waals surface area contributed by atoms with Crippen LogP contribution < -0.4 is 0 Å². The van der Waals surface area contributed by atoms with Crippen LogP contribution in [0.3, 0.4) is 0 Å². The smallest absolute Gasteiger partial charge is 0.0855 e. The molecule has 0 nitrogen and oxygen atoms in total. The molecule has 0 fully saturated rings. The second-order valence-electron chi connectivity index (χ2n) is 8.50. The van der Waals surface area contributed by atoms with Crippen LogP contribution in [0.25, 0.3) is 0 Å².